The molecule has 1 N–H and O–H groups in total. The first-order chi connectivity index (χ1) is 15.2. The normalized spacial score (nSPS) is 25.1. The molecular formula is C24H26N4O3S. The van der Waals surface area contributed by atoms with Crippen molar-refractivity contribution in [3.63, 3.8) is 0 Å². The number of nitrogens with zero attached hydrogens (tertiary/aromatic N) is 3. The molecule has 4 aliphatic rings. The number of carbonyl (C=O) groups excluding carboxylic acids is 2. The van der Waals surface area contributed by atoms with Crippen LogP contribution in [0.15, 0.2) is 50.5 Å². The van der Waals surface area contributed by atoms with Gasteiger partial charge in [-0.05, 0) is 42.4 Å². The van der Waals surface area contributed by atoms with Crippen molar-refractivity contribution in [1.29, 1.82) is 0 Å². The van der Waals surface area contributed by atoms with Gasteiger partial charge in [-0.25, -0.2) is 9.98 Å². The second-order valence-corrected chi connectivity index (χ2v) is 10.7. The number of allylic oxidation sites excluding steroid dienone is 3. The first-order valence-electron chi connectivity index (χ1n) is 11.0. The average Bonchev–Trinajstić information content (AvgIpc) is 3.34. The average molecular weight is 451 g/mol. The van der Waals surface area contributed by atoms with Crippen molar-refractivity contribution in [2.45, 2.75) is 57.7 Å². The maximum Gasteiger partial charge on any atom is 0.257 e. The molecule has 1 aromatic heterocycles. The van der Waals surface area contributed by atoms with Crippen molar-refractivity contribution in [2.24, 2.45) is 16.3 Å². The first kappa shape index (κ1) is 21.1. The van der Waals surface area contributed by atoms with Gasteiger partial charge in [0.25, 0.3) is 5.56 Å². The van der Waals surface area contributed by atoms with Crippen LogP contribution in [0.4, 0.5) is 0 Å². The lowest BCUT2D eigenvalue weighted by atomic mass is 9.74. The molecule has 3 heterocycles. The lowest BCUT2D eigenvalue weighted by molar-refractivity contribution is -0.118. The van der Waals surface area contributed by atoms with E-state index in [1.807, 2.05) is 12.2 Å². The number of nitrogens with one attached hydrogen (secondary N) is 1. The van der Waals surface area contributed by atoms with Gasteiger partial charge in [-0.2, -0.15) is 0 Å². The van der Waals surface area contributed by atoms with Crippen LogP contribution in [0.2, 0.25) is 0 Å². The zero-order valence-corrected chi connectivity index (χ0v) is 19.3. The lowest BCUT2D eigenvalue weighted by Crippen LogP contribution is -2.36. The van der Waals surface area contributed by atoms with Gasteiger partial charge in [0.1, 0.15) is 0 Å². The minimum atomic E-state index is -0.278. The van der Waals surface area contributed by atoms with Crippen molar-refractivity contribution in [3.05, 3.63) is 57.2 Å². The fourth-order valence-electron chi connectivity index (χ4n) is 4.84. The Kier molecular flexibility index (Phi) is 5.08. The molecule has 0 radical (unpaired) electrons. The molecule has 166 valence electrons. The topological polar surface area (TPSA) is 93.4 Å². The van der Waals surface area contributed by atoms with Gasteiger partial charge in [0.05, 0.1) is 23.9 Å². The van der Waals surface area contributed by atoms with Crippen LogP contribution in [0.25, 0.3) is 0 Å². The number of thioether (sulfide) groups is 1. The summed E-state index contributed by atoms with van der Waals surface area (Å²) in [6.45, 7) is 6.25. The summed E-state index contributed by atoms with van der Waals surface area (Å²) in [6.07, 6.45) is 10.0. The maximum atomic E-state index is 12.9. The second-order valence-electron chi connectivity index (χ2n) is 9.72. The molecule has 2 unspecified atom stereocenters. The molecule has 5 rings (SSSR count). The third kappa shape index (κ3) is 3.70. The van der Waals surface area contributed by atoms with Crippen LogP contribution in [0.3, 0.4) is 0 Å². The van der Waals surface area contributed by atoms with Gasteiger partial charge in [0.2, 0.25) is 11.8 Å². The quantitative estimate of drug-likeness (QED) is 0.700. The smallest absolute Gasteiger partial charge is 0.257 e. The summed E-state index contributed by atoms with van der Waals surface area (Å²) in [4.78, 5) is 46.8. The highest BCUT2D eigenvalue weighted by molar-refractivity contribution is 7.99. The number of aryl methyl sites for hydroxylation is 1. The van der Waals surface area contributed by atoms with Crippen LogP contribution in [0.1, 0.15) is 50.9 Å². The van der Waals surface area contributed by atoms with Crippen LogP contribution in [-0.2, 0) is 22.4 Å². The summed E-state index contributed by atoms with van der Waals surface area (Å²) in [6, 6.07) is -0.226. The molecule has 1 aromatic rings. The van der Waals surface area contributed by atoms with E-state index < -0.39 is 0 Å². The first-order valence-corrected chi connectivity index (χ1v) is 12.0. The highest BCUT2D eigenvalue weighted by Gasteiger charge is 2.34. The fraction of sp³-hybridized carbons (Fsp3) is 0.458. The summed E-state index contributed by atoms with van der Waals surface area (Å²) in [5.74, 6) is 0.194. The monoisotopic (exact) mass is 450 g/mol. The number of aromatic nitrogens is 2. The molecule has 0 bridgehead atoms. The van der Waals surface area contributed by atoms with Crippen LogP contribution < -0.4 is 10.9 Å². The maximum absolute atomic E-state index is 12.9. The molecule has 0 saturated heterocycles. The summed E-state index contributed by atoms with van der Waals surface area (Å²) < 4.78 is 1.69. The standard InChI is InChI=1S/C24H26N4O3S/c1-24(2,3)17-11-21(30)26-19-9-13(7-8-15(17)19)25-20(29)10-14-12-32-23-27-18-6-4-5-16(18)22(31)28(14)23/h7-9,11,14-15H,4-6,10,12H2,1-3H3,(H,26,30). The van der Waals surface area contributed by atoms with E-state index in [4.69, 9.17) is 0 Å². The third-order valence-corrected chi connectivity index (χ3v) is 7.49. The van der Waals surface area contributed by atoms with Crippen molar-refractivity contribution in [2.75, 3.05) is 5.75 Å². The Morgan fingerprint density at radius 2 is 2.09 bits per heavy atom. The summed E-state index contributed by atoms with van der Waals surface area (Å²) >= 11 is 1.53. The minimum Gasteiger partial charge on any atom is -0.325 e. The largest absolute Gasteiger partial charge is 0.325 e. The molecule has 32 heavy (non-hydrogen) atoms. The van der Waals surface area contributed by atoms with E-state index in [1.54, 1.807) is 16.7 Å². The number of fused-ring (bicyclic) bond motifs is 3. The Labute approximate surface area is 190 Å². The summed E-state index contributed by atoms with van der Waals surface area (Å²) in [5.41, 5.74) is 3.89. The lowest BCUT2D eigenvalue weighted by Gasteiger charge is -2.34. The number of carbonyl (C=O) groups is 2. The van der Waals surface area contributed by atoms with Gasteiger partial charge in [-0.3, -0.25) is 19.0 Å². The SMILES string of the molecule is CC(C)(C)C1=CC(=O)NC2=CC(=NC(=O)CC3CSc4nc5c(c(=O)n43)CCC5)C=CC21. The van der Waals surface area contributed by atoms with E-state index in [-0.39, 0.29) is 41.2 Å². The third-order valence-electron chi connectivity index (χ3n) is 6.39. The van der Waals surface area contributed by atoms with Crippen LogP contribution >= 0.6 is 11.8 Å². The van der Waals surface area contributed by atoms with Gasteiger partial charge in [0, 0.05) is 29.0 Å². The van der Waals surface area contributed by atoms with Crippen molar-refractivity contribution >= 4 is 29.3 Å². The molecule has 0 spiro atoms. The number of aliphatic imine (C=N–C) groups is 1. The van der Waals surface area contributed by atoms with Gasteiger partial charge in [0.15, 0.2) is 5.16 Å². The summed E-state index contributed by atoms with van der Waals surface area (Å²) in [7, 11) is 0. The van der Waals surface area contributed by atoms with Gasteiger partial charge in [-0.1, -0.05) is 38.6 Å². The summed E-state index contributed by atoms with van der Waals surface area (Å²) in [5, 5.41) is 3.60. The molecule has 2 atom stereocenters. The van der Waals surface area contributed by atoms with Crippen molar-refractivity contribution < 1.29 is 9.59 Å². The molecule has 2 aliphatic heterocycles. The van der Waals surface area contributed by atoms with E-state index in [9.17, 15) is 14.4 Å². The van der Waals surface area contributed by atoms with E-state index in [0.717, 1.165) is 46.9 Å². The highest BCUT2D eigenvalue weighted by Crippen LogP contribution is 2.38. The zero-order valence-electron chi connectivity index (χ0n) is 18.5. The molecule has 8 heteroatoms. The minimum absolute atomic E-state index is 0.00638. The molecule has 2 amide bonds. The predicted molar refractivity (Wildman–Crippen MR) is 124 cm³/mol. The van der Waals surface area contributed by atoms with Crippen molar-refractivity contribution in [1.82, 2.24) is 14.9 Å². The zero-order chi connectivity index (χ0) is 22.6. The second kappa shape index (κ2) is 7.69. The van der Waals surface area contributed by atoms with E-state index in [1.165, 1.54) is 11.8 Å². The molecule has 0 fully saturated rings. The van der Waals surface area contributed by atoms with E-state index in [2.05, 4.69) is 36.1 Å². The molecular weight excluding hydrogens is 424 g/mol. The van der Waals surface area contributed by atoms with Gasteiger partial charge < -0.3 is 5.32 Å². The molecule has 0 aromatic carbocycles. The predicted octanol–water partition coefficient (Wildman–Crippen LogP) is 2.91. The Morgan fingerprint density at radius 3 is 2.88 bits per heavy atom. The number of hydrogen-bond donors (Lipinski definition) is 1. The number of amides is 2. The Hall–Kier alpha value is -2.74. The van der Waals surface area contributed by atoms with Crippen LogP contribution in [-0.4, -0.2) is 32.8 Å². The Morgan fingerprint density at radius 1 is 1.28 bits per heavy atom. The van der Waals surface area contributed by atoms with Crippen LogP contribution in [0.5, 0.6) is 0 Å². The number of rotatable bonds is 2. The highest BCUT2D eigenvalue weighted by atomic mass is 32.2. The molecule has 2 aliphatic carbocycles. The van der Waals surface area contributed by atoms with E-state index >= 15 is 0 Å². The Bertz CT molecular complexity index is 1210. The molecule has 0 saturated carbocycles. The van der Waals surface area contributed by atoms with Crippen LogP contribution in [0, 0.1) is 11.3 Å². The van der Waals surface area contributed by atoms with Crippen molar-refractivity contribution in [3.8, 4) is 0 Å². The van der Waals surface area contributed by atoms with Gasteiger partial charge >= 0.3 is 0 Å². The number of hydrogen-bond acceptors (Lipinski definition) is 5. The molecule has 7 nitrogen and oxygen atoms in total. The van der Waals surface area contributed by atoms with Gasteiger partial charge in [-0.15, -0.1) is 0 Å². The fourth-order valence-corrected chi connectivity index (χ4v) is 5.99. The van der Waals surface area contributed by atoms with E-state index in [0.29, 0.717) is 11.5 Å². The Balaban J connectivity index is 1.35.